The quantitative estimate of drug-likeness (QED) is 0.847. The summed E-state index contributed by atoms with van der Waals surface area (Å²) in [6.07, 6.45) is -0.215. The molecule has 0 bridgehead atoms. The first-order valence-corrected chi connectivity index (χ1v) is 7.75. The number of hydrogen-bond acceptors (Lipinski definition) is 4. The number of nitrogens with zero attached hydrogens (tertiary/aromatic N) is 1. The van der Waals surface area contributed by atoms with Crippen molar-refractivity contribution in [3.05, 3.63) is 29.8 Å². The molecule has 1 aliphatic heterocycles. The molecule has 6 heteroatoms. The van der Waals surface area contributed by atoms with E-state index in [1.165, 1.54) is 4.90 Å². The van der Waals surface area contributed by atoms with Crippen LogP contribution >= 0.6 is 0 Å². The van der Waals surface area contributed by atoms with Gasteiger partial charge in [0.1, 0.15) is 12.0 Å². The van der Waals surface area contributed by atoms with Gasteiger partial charge < -0.3 is 4.74 Å². The van der Waals surface area contributed by atoms with Crippen molar-refractivity contribution < 1.29 is 17.9 Å². The third kappa shape index (κ3) is 2.58. The van der Waals surface area contributed by atoms with Gasteiger partial charge in [-0.15, -0.1) is 0 Å². The molecule has 0 saturated carbocycles. The SMILES string of the molecule is CC[C@@H](N1CCOC1=O)S(=O)(=O)c1ccc(C)cc1. The fraction of sp³-hybridized carbons (Fsp3) is 0.462. The molecule has 0 aliphatic carbocycles. The van der Waals surface area contributed by atoms with Gasteiger partial charge in [0.15, 0.2) is 9.84 Å². The van der Waals surface area contributed by atoms with Crippen LogP contribution in [-0.4, -0.2) is 37.9 Å². The van der Waals surface area contributed by atoms with E-state index in [0.717, 1.165) is 5.56 Å². The van der Waals surface area contributed by atoms with Crippen LogP contribution in [0.25, 0.3) is 0 Å². The Labute approximate surface area is 113 Å². The Morgan fingerprint density at radius 3 is 2.42 bits per heavy atom. The van der Waals surface area contributed by atoms with Crippen LogP contribution in [-0.2, 0) is 14.6 Å². The highest BCUT2D eigenvalue weighted by atomic mass is 32.2. The maximum Gasteiger partial charge on any atom is 0.411 e. The minimum absolute atomic E-state index is 0.240. The van der Waals surface area contributed by atoms with Crippen LogP contribution in [0, 0.1) is 6.92 Å². The molecule has 0 spiro atoms. The lowest BCUT2D eigenvalue weighted by atomic mass is 10.2. The highest BCUT2D eigenvalue weighted by Gasteiger charge is 2.37. The van der Waals surface area contributed by atoms with E-state index in [1.807, 2.05) is 6.92 Å². The Morgan fingerprint density at radius 2 is 1.95 bits per heavy atom. The smallest absolute Gasteiger partial charge is 0.411 e. The van der Waals surface area contributed by atoms with Crippen molar-refractivity contribution >= 4 is 15.9 Å². The zero-order valence-electron chi connectivity index (χ0n) is 11.0. The molecule has 1 heterocycles. The zero-order chi connectivity index (χ0) is 14.0. The van der Waals surface area contributed by atoms with Gasteiger partial charge in [0.05, 0.1) is 11.4 Å². The number of rotatable bonds is 4. The second kappa shape index (κ2) is 5.21. The second-order valence-corrected chi connectivity index (χ2v) is 6.63. The first-order valence-electron chi connectivity index (χ1n) is 6.20. The monoisotopic (exact) mass is 283 g/mol. The molecule has 1 fully saturated rings. The standard InChI is InChI=1S/C13H17NO4S/c1-3-12(14-8-9-18-13(14)15)19(16,17)11-6-4-10(2)5-7-11/h4-7,12H,3,8-9H2,1-2H3/t12-/m0/s1. The Kier molecular flexibility index (Phi) is 3.80. The summed E-state index contributed by atoms with van der Waals surface area (Å²) in [7, 11) is -3.56. The summed E-state index contributed by atoms with van der Waals surface area (Å²) >= 11 is 0. The minimum atomic E-state index is -3.56. The number of ether oxygens (including phenoxy) is 1. The van der Waals surface area contributed by atoms with Crippen molar-refractivity contribution in [2.45, 2.75) is 30.5 Å². The van der Waals surface area contributed by atoms with Crippen molar-refractivity contribution in [2.75, 3.05) is 13.2 Å². The third-order valence-corrected chi connectivity index (χ3v) is 5.43. The summed E-state index contributed by atoms with van der Waals surface area (Å²) in [5.74, 6) is 0. The van der Waals surface area contributed by atoms with Crippen LogP contribution in [0.3, 0.4) is 0 Å². The fourth-order valence-corrected chi connectivity index (χ4v) is 3.95. The van der Waals surface area contributed by atoms with E-state index in [4.69, 9.17) is 4.74 Å². The van der Waals surface area contributed by atoms with Gasteiger partial charge in [0.2, 0.25) is 0 Å². The fourth-order valence-electron chi connectivity index (χ4n) is 2.16. The van der Waals surface area contributed by atoms with E-state index < -0.39 is 21.3 Å². The largest absolute Gasteiger partial charge is 0.447 e. The van der Waals surface area contributed by atoms with Gasteiger partial charge in [-0.3, -0.25) is 4.90 Å². The second-order valence-electron chi connectivity index (χ2n) is 4.53. The Bertz CT molecular complexity index is 565. The van der Waals surface area contributed by atoms with Crippen molar-refractivity contribution in [1.29, 1.82) is 0 Å². The normalized spacial score (nSPS) is 17.4. The van der Waals surface area contributed by atoms with Crippen molar-refractivity contribution in [3.63, 3.8) is 0 Å². The number of carbonyl (C=O) groups excluding carboxylic acids is 1. The van der Waals surface area contributed by atoms with Crippen LogP contribution in [0.5, 0.6) is 0 Å². The average Bonchev–Trinajstić information content (AvgIpc) is 2.77. The molecule has 1 atom stereocenters. The molecule has 1 amide bonds. The summed E-state index contributed by atoms with van der Waals surface area (Å²) in [5.41, 5.74) is 0.993. The molecule has 2 rings (SSSR count). The van der Waals surface area contributed by atoms with Gasteiger partial charge in [0.25, 0.3) is 0 Å². The lowest BCUT2D eigenvalue weighted by molar-refractivity contribution is 0.155. The van der Waals surface area contributed by atoms with Crippen molar-refractivity contribution in [1.82, 2.24) is 4.90 Å². The molecule has 104 valence electrons. The van der Waals surface area contributed by atoms with E-state index in [1.54, 1.807) is 31.2 Å². The topological polar surface area (TPSA) is 63.7 Å². The van der Waals surface area contributed by atoms with Gasteiger partial charge in [-0.1, -0.05) is 24.6 Å². The first kappa shape index (κ1) is 13.9. The number of cyclic esters (lactones) is 1. The van der Waals surface area contributed by atoms with E-state index in [2.05, 4.69) is 0 Å². The van der Waals surface area contributed by atoms with Crippen LogP contribution < -0.4 is 0 Å². The lowest BCUT2D eigenvalue weighted by Gasteiger charge is -2.24. The maximum absolute atomic E-state index is 12.6. The van der Waals surface area contributed by atoms with Crippen LogP contribution in [0.1, 0.15) is 18.9 Å². The maximum atomic E-state index is 12.6. The summed E-state index contributed by atoms with van der Waals surface area (Å²) in [6, 6.07) is 6.66. The third-order valence-electron chi connectivity index (χ3n) is 3.20. The number of amides is 1. The molecule has 19 heavy (non-hydrogen) atoms. The van der Waals surface area contributed by atoms with E-state index in [-0.39, 0.29) is 11.5 Å². The average molecular weight is 283 g/mol. The first-order chi connectivity index (χ1) is 8.96. The number of hydrogen-bond donors (Lipinski definition) is 0. The molecule has 0 N–H and O–H groups in total. The molecule has 0 radical (unpaired) electrons. The summed E-state index contributed by atoms with van der Waals surface area (Å²) in [4.78, 5) is 13.1. The highest BCUT2D eigenvalue weighted by molar-refractivity contribution is 7.92. The molecule has 5 nitrogen and oxygen atoms in total. The van der Waals surface area contributed by atoms with Crippen LogP contribution in [0.15, 0.2) is 29.2 Å². The lowest BCUT2D eigenvalue weighted by Crippen LogP contribution is -2.41. The van der Waals surface area contributed by atoms with Gasteiger partial charge >= 0.3 is 6.09 Å². The van der Waals surface area contributed by atoms with Crippen LogP contribution in [0.4, 0.5) is 4.79 Å². The van der Waals surface area contributed by atoms with E-state index >= 15 is 0 Å². The predicted molar refractivity (Wildman–Crippen MR) is 70.5 cm³/mol. The number of sulfone groups is 1. The molecule has 1 aromatic carbocycles. The number of aryl methyl sites for hydroxylation is 1. The summed E-state index contributed by atoms with van der Waals surface area (Å²) in [5, 5.41) is -0.856. The van der Waals surface area contributed by atoms with Gasteiger partial charge in [0, 0.05) is 0 Å². The Morgan fingerprint density at radius 1 is 1.32 bits per heavy atom. The molecular weight excluding hydrogens is 266 g/mol. The number of carbonyl (C=O) groups is 1. The van der Waals surface area contributed by atoms with Gasteiger partial charge in [-0.05, 0) is 25.5 Å². The highest BCUT2D eigenvalue weighted by Crippen LogP contribution is 2.24. The Balaban J connectivity index is 2.36. The van der Waals surface area contributed by atoms with Gasteiger partial charge in [-0.25, -0.2) is 13.2 Å². The zero-order valence-corrected chi connectivity index (χ0v) is 11.8. The van der Waals surface area contributed by atoms with Crippen molar-refractivity contribution in [3.8, 4) is 0 Å². The summed E-state index contributed by atoms with van der Waals surface area (Å²) < 4.78 is 29.9. The number of benzene rings is 1. The van der Waals surface area contributed by atoms with E-state index in [9.17, 15) is 13.2 Å². The molecular formula is C13H17NO4S. The molecule has 0 unspecified atom stereocenters. The predicted octanol–water partition coefficient (Wildman–Crippen LogP) is 1.96. The Hall–Kier alpha value is -1.56. The molecule has 0 aromatic heterocycles. The van der Waals surface area contributed by atoms with E-state index in [0.29, 0.717) is 13.0 Å². The van der Waals surface area contributed by atoms with Crippen LogP contribution in [0.2, 0.25) is 0 Å². The van der Waals surface area contributed by atoms with Gasteiger partial charge in [-0.2, -0.15) is 0 Å². The minimum Gasteiger partial charge on any atom is -0.447 e. The molecule has 1 aromatic rings. The molecule has 1 aliphatic rings. The summed E-state index contributed by atoms with van der Waals surface area (Å²) in [6.45, 7) is 4.22. The van der Waals surface area contributed by atoms with Crippen molar-refractivity contribution in [2.24, 2.45) is 0 Å². The molecule has 1 saturated heterocycles.